The lowest BCUT2D eigenvalue weighted by molar-refractivity contribution is 0.597. The molecule has 0 N–H and O–H groups in total. The van der Waals surface area contributed by atoms with Crippen LogP contribution in [0, 0.1) is 0 Å². The second kappa shape index (κ2) is 6.09. The molecule has 2 aromatic heterocycles. The highest BCUT2D eigenvalue weighted by Gasteiger charge is 2.17. The molecule has 3 aromatic rings. The van der Waals surface area contributed by atoms with Crippen LogP contribution >= 0.6 is 50.2 Å². The van der Waals surface area contributed by atoms with Gasteiger partial charge < -0.3 is 4.57 Å². The molecule has 0 saturated heterocycles. The second-order valence-corrected chi connectivity index (χ2v) is 9.75. The first-order valence-corrected chi connectivity index (χ1v) is 10.5. The summed E-state index contributed by atoms with van der Waals surface area (Å²) in [5.41, 5.74) is 0.952. The molecule has 0 aliphatic carbocycles. The number of para-hydroxylation sites is 1. The van der Waals surface area contributed by atoms with E-state index < -0.39 is 10.0 Å². The van der Waals surface area contributed by atoms with Crippen molar-refractivity contribution < 1.29 is 8.42 Å². The summed E-state index contributed by atoms with van der Waals surface area (Å²) in [6.45, 7) is 2.58. The SMILES string of the molecule is CCn1/c(=N/S(=O)(=O)c2ccc(Cl)s2)sc2cccc(Br)c21. The van der Waals surface area contributed by atoms with Gasteiger partial charge in [-0.15, -0.1) is 15.7 Å². The van der Waals surface area contributed by atoms with Gasteiger partial charge in [0.05, 0.1) is 14.6 Å². The Bertz CT molecular complexity index is 1020. The van der Waals surface area contributed by atoms with Crippen molar-refractivity contribution in [2.45, 2.75) is 17.7 Å². The van der Waals surface area contributed by atoms with Crippen LogP contribution in [0.25, 0.3) is 10.2 Å². The Morgan fingerprint density at radius 1 is 1.27 bits per heavy atom. The number of halogens is 2. The number of sulfonamides is 1. The lowest BCUT2D eigenvalue weighted by Crippen LogP contribution is -2.16. The van der Waals surface area contributed by atoms with Crippen molar-refractivity contribution in [2.24, 2.45) is 4.40 Å². The quantitative estimate of drug-likeness (QED) is 0.606. The van der Waals surface area contributed by atoms with E-state index in [4.69, 9.17) is 11.6 Å². The predicted molar refractivity (Wildman–Crippen MR) is 95.3 cm³/mol. The third kappa shape index (κ3) is 2.90. The van der Waals surface area contributed by atoms with Gasteiger partial charge in [-0.05, 0) is 47.1 Å². The Hall–Kier alpha value is -0.670. The van der Waals surface area contributed by atoms with Crippen LogP contribution in [0.3, 0.4) is 0 Å². The smallest absolute Gasteiger partial charge is 0.294 e. The fourth-order valence-electron chi connectivity index (χ4n) is 2.03. The number of nitrogens with zero attached hydrogens (tertiary/aromatic N) is 2. The van der Waals surface area contributed by atoms with E-state index in [1.807, 2.05) is 29.7 Å². The molecule has 0 fully saturated rings. The standard InChI is InChI=1S/C13H10BrClN2O2S3/c1-2-17-12-8(14)4-3-5-9(12)20-13(17)16-22(18,19)11-7-6-10(15)21-11/h3-7H,2H2,1H3/b16-13-. The van der Waals surface area contributed by atoms with Crippen LogP contribution in [-0.2, 0) is 16.6 Å². The summed E-state index contributed by atoms with van der Waals surface area (Å²) < 4.78 is 33.2. The van der Waals surface area contributed by atoms with Crippen molar-refractivity contribution in [3.63, 3.8) is 0 Å². The highest BCUT2D eigenvalue weighted by molar-refractivity contribution is 9.10. The van der Waals surface area contributed by atoms with Crippen molar-refractivity contribution in [1.29, 1.82) is 0 Å². The number of aromatic nitrogens is 1. The molecule has 0 saturated carbocycles. The maximum Gasteiger partial charge on any atom is 0.294 e. The molecule has 1 aromatic carbocycles. The van der Waals surface area contributed by atoms with Crippen LogP contribution in [0.2, 0.25) is 4.34 Å². The number of rotatable bonds is 3. The van der Waals surface area contributed by atoms with Crippen LogP contribution in [0.4, 0.5) is 0 Å². The van der Waals surface area contributed by atoms with Crippen molar-refractivity contribution in [3.05, 3.63) is 43.9 Å². The number of hydrogen-bond donors (Lipinski definition) is 0. The van der Waals surface area contributed by atoms with Gasteiger partial charge in [0.2, 0.25) is 4.80 Å². The van der Waals surface area contributed by atoms with E-state index in [2.05, 4.69) is 20.3 Å². The van der Waals surface area contributed by atoms with Crippen LogP contribution in [0.1, 0.15) is 6.92 Å². The Morgan fingerprint density at radius 3 is 2.68 bits per heavy atom. The molecule has 3 rings (SSSR count). The summed E-state index contributed by atoms with van der Waals surface area (Å²) in [4.78, 5) is 0.453. The highest BCUT2D eigenvalue weighted by atomic mass is 79.9. The zero-order valence-electron chi connectivity index (χ0n) is 11.3. The Labute approximate surface area is 148 Å². The molecular formula is C13H10BrClN2O2S3. The molecule has 4 nitrogen and oxygen atoms in total. The lowest BCUT2D eigenvalue weighted by atomic mass is 10.3. The summed E-state index contributed by atoms with van der Waals surface area (Å²) in [5.74, 6) is 0. The molecule has 0 atom stereocenters. The topological polar surface area (TPSA) is 51.4 Å². The molecule has 0 unspecified atom stereocenters. The third-order valence-corrected chi connectivity index (χ3v) is 7.73. The molecule has 0 spiro atoms. The minimum absolute atomic E-state index is 0.150. The first-order valence-electron chi connectivity index (χ1n) is 6.26. The number of thiazole rings is 1. The van der Waals surface area contributed by atoms with Gasteiger partial charge in [-0.3, -0.25) is 0 Å². The van der Waals surface area contributed by atoms with E-state index in [-0.39, 0.29) is 4.21 Å². The van der Waals surface area contributed by atoms with Gasteiger partial charge in [0.1, 0.15) is 4.21 Å². The van der Waals surface area contributed by atoms with Gasteiger partial charge in [0.25, 0.3) is 10.0 Å². The summed E-state index contributed by atoms with van der Waals surface area (Å²) in [6.07, 6.45) is 0. The van der Waals surface area contributed by atoms with E-state index in [0.717, 1.165) is 26.0 Å². The van der Waals surface area contributed by atoms with Gasteiger partial charge in [0.15, 0.2) is 0 Å². The van der Waals surface area contributed by atoms with Gasteiger partial charge in [0, 0.05) is 11.0 Å². The van der Waals surface area contributed by atoms with E-state index in [1.54, 1.807) is 6.07 Å². The normalized spacial score (nSPS) is 13.1. The Kier molecular flexibility index (Phi) is 4.48. The summed E-state index contributed by atoms with van der Waals surface area (Å²) >= 11 is 11.7. The summed E-state index contributed by atoms with van der Waals surface area (Å²) in [6, 6.07) is 8.83. The Balaban J connectivity index is 2.28. The molecule has 0 radical (unpaired) electrons. The van der Waals surface area contributed by atoms with Crippen molar-refractivity contribution in [3.8, 4) is 0 Å². The number of fused-ring (bicyclic) bond motifs is 1. The predicted octanol–water partition coefficient (Wildman–Crippen LogP) is 4.49. The average molecular weight is 438 g/mol. The molecule has 0 aliphatic rings. The van der Waals surface area contributed by atoms with Crippen molar-refractivity contribution in [2.75, 3.05) is 0 Å². The Morgan fingerprint density at radius 2 is 2.05 bits per heavy atom. The fraction of sp³-hybridized carbons (Fsp3) is 0.154. The molecule has 2 heterocycles. The van der Waals surface area contributed by atoms with E-state index >= 15 is 0 Å². The minimum Gasteiger partial charge on any atom is -0.315 e. The van der Waals surface area contributed by atoms with Crippen LogP contribution < -0.4 is 4.80 Å². The maximum atomic E-state index is 12.4. The highest BCUT2D eigenvalue weighted by Crippen LogP contribution is 2.28. The van der Waals surface area contributed by atoms with E-state index in [9.17, 15) is 8.42 Å². The molecular weight excluding hydrogens is 428 g/mol. The maximum absolute atomic E-state index is 12.4. The molecule has 116 valence electrons. The van der Waals surface area contributed by atoms with Crippen LogP contribution in [0.15, 0.2) is 43.4 Å². The number of thiophene rings is 1. The monoisotopic (exact) mass is 436 g/mol. The summed E-state index contributed by atoms with van der Waals surface area (Å²) in [5, 5.41) is 0. The zero-order chi connectivity index (χ0) is 15.9. The van der Waals surface area contributed by atoms with Crippen LogP contribution in [-0.4, -0.2) is 13.0 Å². The number of benzene rings is 1. The van der Waals surface area contributed by atoms with E-state index in [1.165, 1.54) is 17.4 Å². The molecule has 0 bridgehead atoms. The van der Waals surface area contributed by atoms with E-state index in [0.29, 0.717) is 15.7 Å². The minimum atomic E-state index is -3.75. The molecule has 22 heavy (non-hydrogen) atoms. The molecule has 9 heteroatoms. The van der Waals surface area contributed by atoms with Gasteiger partial charge in [-0.2, -0.15) is 8.42 Å². The fourth-order valence-corrected chi connectivity index (χ4v) is 6.53. The zero-order valence-corrected chi connectivity index (χ0v) is 16.1. The first-order chi connectivity index (χ1) is 10.4. The van der Waals surface area contributed by atoms with Crippen LogP contribution in [0.5, 0.6) is 0 Å². The van der Waals surface area contributed by atoms with Gasteiger partial charge in [-0.1, -0.05) is 29.0 Å². The van der Waals surface area contributed by atoms with Gasteiger partial charge >= 0.3 is 0 Å². The number of aryl methyl sites for hydroxylation is 1. The first kappa shape index (κ1) is 16.2. The van der Waals surface area contributed by atoms with Crippen molar-refractivity contribution in [1.82, 2.24) is 4.57 Å². The van der Waals surface area contributed by atoms with Crippen molar-refractivity contribution >= 4 is 70.4 Å². The number of hydrogen-bond acceptors (Lipinski definition) is 4. The average Bonchev–Trinajstić information content (AvgIpc) is 3.03. The molecule has 0 amide bonds. The lowest BCUT2D eigenvalue weighted by Gasteiger charge is -2.02. The largest absolute Gasteiger partial charge is 0.315 e. The third-order valence-electron chi connectivity index (χ3n) is 2.97. The summed E-state index contributed by atoms with van der Waals surface area (Å²) in [7, 11) is -3.75. The van der Waals surface area contributed by atoms with Gasteiger partial charge in [-0.25, -0.2) is 0 Å². The second-order valence-electron chi connectivity index (χ2n) is 4.34. The molecule has 0 aliphatic heterocycles.